The molecule has 1 aliphatic rings. The summed E-state index contributed by atoms with van der Waals surface area (Å²) in [4.78, 5) is 22.6. The van der Waals surface area contributed by atoms with Crippen LogP contribution in [0.5, 0.6) is 0 Å². The van der Waals surface area contributed by atoms with Gasteiger partial charge in [-0.2, -0.15) is 0 Å². The Kier molecular flexibility index (Phi) is 4.39. The molecule has 0 bridgehead atoms. The van der Waals surface area contributed by atoms with Crippen LogP contribution >= 0.6 is 0 Å². The lowest BCUT2D eigenvalue weighted by molar-refractivity contribution is 0.0938. The van der Waals surface area contributed by atoms with Crippen LogP contribution < -0.4 is 16.4 Å². The van der Waals surface area contributed by atoms with Crippen molar-refractivity contribution < 1.29 is 9.59 Å². The highest BCUT2D eigenvalue weighted by atomic mass is 16.2. The van der Waals surface area contributed by atoms with Gasteiger partial charge in [-0.3, -0.25) is 4.79 Å². The van der Waals surface area contributed by atoms with Crippen molar-refractivity contribution in [2.45, 2.75) is 38.3 Å². The molecule has 5 heteroatoms. The van der Waals surface area contributed by atoms with Crippen LogP contribution in [0.15, 0.2) is 24.3 Å². The van der Waals surface area contributed by atoms with Crippen LogP contribution in [-0.2, 0) is 6.54 Å². The first-order valence-electron chi connectivity index (χ1n) is 6.58. The van der Waals surface area contributed by atoms with Crippen molar-refractivity contribution in [3.05, 3.63) is 35.4 Å². The molecule has 4 N–H and O–H groups in total. The number of amides is 3. The molecule has 3 amide bonds. The summed E-state index contributed by atoms with van der Waals surface area (Å²) in [5.41, 5.74) is 6.56. The predicted molar refractivity (Wildman–Crippen MR) is 72.6 cm³/mol. The van der Waals surface area contributed by atoms with Crippen LogP contribution in [0, 0.1) is 0 Å². The van der Waals surface area contributed by atoms with Gasteiger partial charge in [0.1, 0.15) is 0 Å². The van der Waals surface area contributed by atoms with Crippen molar-refractivity contribution in [2.75, 3.05) is 0 Å². The lowest BCUT2D eigenvalue weighted by Crippen LogP contribution is -2.32. The van der Waals surface area contributed by atoms with Crippen molar-refractivity contribution >= 4 is 11.9 Å². The summed E-state index contributed by atoms with van der Waals surface area (Å²) in [6.07, 6.45) is 4.55. The van der Waals surface area contributed by atoms with E-state index in [1.165, 1.54) is 12.8 Å². The maximum absolute atomic E-state index is 12.0. The molecule has 102 valence electrons. The monoisotopic (exact) mass is 261 g/mol. The second-order valence-corrected chi connectivity index (χ2v) is 4.87. The number of carbonyl (C=O) groups is 2. The first-order chi connectivity index (χ1) is 9.15. The lowest BCUT2D eigenvalue weighted by Gasteiger charge is -2.12. The molecule has 1 saturated carbocycles. The number of primary amides is 1. The number of rotatable bonds is 4. The molecule has 5 nitrogen and oxygen atoms in total. The zero-order valence-electron chi connectivity index (χ0n) is 10.8. The number of hydrogen-bond acceptors (Lipinski definition) is 2. The van der Waals surface area contributed by atoms with E-state index in [1.807, 2.05) is 12.1 Å². The molecule has 0 atom stereocenters. The average molecular weight is 261 g/mol. The number of nitrogens with two attached hydrogens (primary N) is 1. The van der Waals surface area contributed by atoms with E-state index in [0.717, 1.165) is 18.4 Å². The first kappa shape index (κ1) is 13.4. The Bertz CT molecular complexity index is 450. The second-order valence-electron chi connectivity index (χ2n) is 4.87. The van der Waals surface area contributed by atoms with Crippen LogP contribution in [0.3, 0.4) is 0 Å². The van der Waals surface area contributed by atoms with E-state index in [1.54, 1.807) is 12.1 Å². The second kappa shape index (κ2) is 6.22. The van der Waals surface area contributed by atoms with E-state index in [4.69, 9.17) is 5.73 Å². The van der Waals surface area contributed by atoms with Crippen LogP contribution in [0.25, 0.3) is 0 Å². The molecule has 1 aliphatic carbocycles. The van der Waals surface area contributed by atoms with Crippen molar-refractivity contribution in [2.24, 2.45) is 5.73 Å². The van der Waals surface area contributed by atoms with Gasteiger partial charge >= 0.3 is 6.03 Å². The van der Waals surface area contributed by atoms with Gasteiger partial charge in [0.2, 0.25) is 0 Å². The van der Waals surface area contributed by atoms with Gasteiger partial charge in [0.25, 0.3) is 5.91 Å². The Balaban J connectivity index is 1.89. The summed E-state index contributed by atoms with van der Waals surface area (Å²) in [6.45, 7) is 0.375. The lowest BCUT2D eigenvalue weighted by atomic mass is 10.1. The smallest absolute Gasteiger partial charge is 0.312 e. The molecule has 1 aromatic carbocycles. The molecule has 0 heterocycles. The Hall–Kier alpha value is -2.04. The van der Waals surface area contributed by atoms with Gasteiger partial charge in [-0.25, -0.2) is 4.79 Å². The van der Waals surface area contributed by atoms with Crippen molar-refractivity contribution in [1.29, 1.82) is 0 Å². The summed E-state index contributed by atoms with van der Waals surface area (Å²) in [5, 5.41) is 5.54. The van der Waals surface area contributed by atoms with E-state index in [0.29, 0.717) is 18.2 Å². The Morgan fingerprint density at radius 3 is 2.37 bits per heavy atom. The molecule has 0 aliphatic heterocycles. The van der Waals surface area contributed by atoms with Gasteiger partial charge in [0, 0.05) is 18.2 Å². The third-order valence-electron chi connectivity index (χ3n) is 3.37. The van der Waals surface area contributed by atoms with Crippen molar-refractivity contribution in [1.82, 2.24) is 10.6 Å². The largest absolute Gasteiger partial charge is 0.352 e. The summed E-state index contributed by atoms with van der Waals surface area (Å²) in [6, 6.07) is 6.94. The normalized spacial score (nSPS) is 15.2. The van der Waals surface area contributed by atoms with Gasteiger partial charge in [-0.15, -0.1) is 0 Å². The number of urea groups is 1. The minimum Gasteiger partial charge on any atom is -0.352 e. The highest BCUT2D eigenvalue weighted by molar-refractivity contribution is 5.94. The van der Waals surface area contributed by atoms with Gasteiger partial charge in [-0.05, 0) is 30.5 Å². The summed E-state index contributed by atoms with van der Waals surface area (Å²) in [5.74, 6) is -0.0266. The maximum atomic E-state index is 12.0. The van der Waals surface area contributed by atoms with Crippen molar-refractivity contribution in [3.8, 4) is 0 Å². The van der Waals surface area contributed by atoms with Crippen LogP contribution in [-0.4, -0.2) is 18.0 Å². The molecule has 19 heavy (non-hydrogen) atoms. The maximum Gasteiger partial charge on any atom is 0.312 e. The zero-order chi connectivity index (χ0) is 13.7. The summed E-state index contributed by atoms with van der Waals surface area (Å²) in [7, 11) is 0. The third-order valence-corrected chi connectivity index (χ3v) is 3.37. The summed E-state index contributed by atoms with van der Waals surface area (Å²) < 4.78 is 0. The van der Waals surface area contributed by atoms with E-state index >= 15 is 0 Å². The van der Waals surface area contributed by atoms with Crippen molar-refractivity contribution in [3.63, 3.8) is 0 Å². The van der Waals surface area contributed by atoms with Crippen LogP contribution in [0.2, 0.25) is 0 Å². The standard InChI is InChI=1S/C14H19N3O2/c15-14(19)16-9-10-5-7-11(8-6-10)13(18)17-12-3-1-2-4-12/h5-8,12H,1-4,9H2,(H,17,18)(H3,15,16,19). The fourth-order valence-electron chi connectivity index (χ4n) is 2.30. The minimum absolute atomic E-state index is 0.0266. The fourth-order valence-corrected chi connectivity index (χ4v) is 2.30. The van der Waals surface area contributed by atoms with E-state index in [2.05, 4.69) is 10.6 Å². The Labute approximate surface area is 112 Å². The van der Waals surface area contributed by atoms with Gasteiger partial charge in [-0.1, -0.05) is 25.0 Å². The molecule has 1 fully saturated rings. The van der Waals surface area contributed by atoms with Gasteiger partial charge in [0.05, 0.1) is 0 Å². The highest BCUT2D eigenvalue weighted by Crippen LogP contribution is 2.18. The topological polar surface area (TPSA) is 84.2 Å². The molecule has 0 unspecified atom stereocenters. The molecule has 2 rings (SSSR count). The SMILES string of the molecule is NC(=O)NCc1ccc(C(=O)NC2CCCC2)cc1. The average Bonchev–Trinajstić information content (AvgIpc) is 2.89. The van der Waals surface area contributed by atoms with Gasteiger partial charge in [0.15, 0.2) is 0 Å². The fraction of sp³-hybridized carbons (Fsp3) is 0.429. The zero-order valence-corrected chi connectivity index (χ0v) is 10.8. The Morgan fingerprint density at radius 1 is 1.16 bits per heavy atom. The number of hydrogen-bond donors (Lipinski definition) is 3. The van der Waals surface area contributed by atoms with E-state index < -0.39 is 6.03 Å². The van der Waals surface area contributed by atoms with E-state index in [-0.39, 0.29) is 5.91 Å². The molecule has 0 radical (unpaired) electrons. The third kappa shape index (κ3) is 3.98. The predicted octanol–water partition coefficient (Wildman–Crippen LogP) is 1.53. The Morgan fingerprint density at radius 2 is 1.79 bits per heavy atom. The molecule has 0 spiro atoms. The number of carbonyl (C=O) groups excluding carboxylic acids is 2. The molecule has 0 saturated heterocycles. The quantitative estimate of drug-likeness (QED) is 0.768. The molecule has 1 aromatic rings. The summed E-state index contributed by atoms with van der Waals surface area (Å²) >= 11 is 0. The van der Waals surface area contributed by atoms with E-state index in [9.17, 15) is 9.59 Å². The van der Waals surface area contributed by atoms with Gasteiger partial charge < -0.3 is 16.4 Å². The first-order valence-corrected chi connectivity index (χ1v) is 6.58. The van der Waals surface area contributed by atoms with Crippen LogP contribution in [0.4, 0.5) is 4.79 Å². The minimum atomic E-state index is -0.553. The van der Waals surface area contributed by atoms with Crippen LogP contribution in [0.1, 0.15) is 41.6 Å². The molecule has 0 aromatic heterocycles. The highest BCUT2D eigenvalue weighted by Gasteiger charge is 2.17. The number of nitrogens with one attached hydrogen (secondary N) is 2. The molecular weight excluding hydrogens is 242 g/mol. The molecular formula is C14H19N3O2. The number of benzene rings is 1.